The molecule has 0 atom stereocenters. The standard InChI is InChI=1S/C29H31NO6/c1-20-14-28(35-18-23-10-6-7-12-26(23)27(19-32-3)29(31)34-5)21(2)13-24(20)16-30-36-17-22-9-8-11-25(15-22)33-4/h6-16,19H,17-18H2,1-5H3. The molecule has 0 radical (unpaired) electrons. The summed E-state index contributed by atoms with van der Waals surface area (Å²) in [5.74, 6) is 1.04. The Morgan fingerprint density at radius 2 is 1.72 bits per heavy atom. The number of esters is 1. The number of hydrogen-bond donors (Lipinski definition) is 0. The van der Waals surface area contributed by atoms with Crippen molar-refractivity contribution >= 4 is 17.8 Å². The van der Waals surface area contributed by atoms with Gasteiger partial charge in [-0.2, -0.15) is 0 Å². The van der Waals surface area contributed by atoms with Gasteiger partial charge >= 0.3 is 5.97 Å². The van der Waals surface area contributed by atoms with Crippen LogP contribution in [0.5, 0.6) is 11.5 Å². The van der Waals surface area contributed by atoms with Gasteiger partial charge in [0.05, 0.1) is 33.8 Å². The molecular weight excluding hydrogens is 458 g/mol. The van der Waals surface area contributed by atoms with Crippen molar-refractivity contribution in [2.45, 2.75) is 27.1 Å². The van der Waals surface area contributed by atoms with Crippen LogP contribution in [0.4, 0.5) is 0 Å². The van der Waals surface area contributed by atoms with Gasteiger partial charge in [0.15, 0.2) is 0 Å². The predicted octanol–water partition coefficient (Wildman–Crippen LogP) is 5.60. The molecule has 0 unspecified atom stereocenters. The van der Waals surface area contributed by atoms with Crippen LogP contribution in [0.15, 0.2) is 72.1 Å². The third-order valence-corrected chi connectivity index (χ3v) is 5.53. The molecule has 3 aromatic carbocycles. The van der Waals surface area contributed by atoms with Gasteiger partial charge in [-0.1, -0.05) is 41.6 Å². The SMILES string of the molecule is COC=C(C(=O)OC)c1ccccc1COc1cc(C)c(C=NOCc2cccc(OC)c2)cc1C. The van der Waals surface area contributed by atoms with Crippen molar-refractivity contribution in [3.05, 3.63) is 100 Å². The number of rotatable bonds is 11. The van der Waals surface area contributed by atoms with Crippen LogP contribution in [0.25, 0.3) is 5.57 Å². The van der Waals surface area contributed by atoms with Crippen LogP contribution in [0.2, 0.25) is 0 Å². The van der Waals surface area contributed by atoms with Crippen molar-refractivity contribution in [3.8, 4) is 11.5 Å². The maximum Gasteiger partial charge on any atom is 0.341 e. The minimum atomic E-state index is -0.478. The van der Waals surface area contributed by atoms with Crippen molar-refractivity contribution in [2.24, 2.45) is 5.16 Å². The zero-order chi connectivity index (χ0) is 25.9. The van der Waals surface area contributed by atoms with Gasteiger partial charge in [-0.3, -0.25) is 0 Å². The van der Waals surface area contributed by atoms with E-state index in [4.69, 9.17) is 23.8 Å². The van der Waals surface area contributed by atoms with Crippen molar-refractivity contribution in [1.82, 2.24) is 0 Å². The summed E-state index contributed by atoms with van der Waals surface area (Å²) in [5.41, 5.74) is 5.70. The van der Waals surface area contributed by atoms with Gasteiger partial charge in [0.2, 0.25) is 0 Å². The van der Waals surface area contributed by atoms with Gasteiger partial charge in [0.1, 0.15) is 30.3 Å². The number of nitrogens with zero attached hydrogens (tertiary/aromatic N) is 1. The van der Waals surface area contributed by atoms with E-state index < -0.39 is 5.97 Å². The Bertz CT molecular complexity index is 1250. The molecule has 0 saturated heterocycles. The molecule has 36 heavy (non-hydrogen) atoms. The van der Waals surface area contributed by atoms with E-state index in [0.717, 1.165) is 39.3 Å². The Morgan fingerprint density at radius 1 is 0.917 bits per heavy atom. The van der Waals surface area contributed by atoms with E-state index in [1.807, 2.05) is 74.5 Å². The average Bonchev–Trinajstić information content (AvgIpc) is 2.90. The quantitative estimate of drug-likeness (QED) is 0.115. The summed E-state index contributed by atoms with van der Waals surface area (Å²) in [4.78, 5) is 17.7. The molecule has 3 aromatic rings. The molecule has 0 aliphatic heterocycles. The van der Waals surface area contributed by atoms with Crippen LogP contribution in [0, 0.1) is 13.8 Å². The van der Waals surface area contributed by atoms with E-state index in [9.17, 15) is 4.79 Å². The van der Waals surface area contributed by atoms with Gasteiger partial charge in [0, 0.05) is 0 Å². The van der Waals surface area contributed by atoms with Crippen LogP contribution < -0.4 is 9.47 Å². The van der Waals surface area contributed by atoms with E-state index >= 15 is 0 Å². The summed E-state index contributed by atoms with van der Waals surface area (Å²) in [5, 5.41) is 4.12. The lowest BCUT2D eigenvalue weighted by Gasteiger charge is -2.15. The number of methoxy groups -OCH3 is 3. The van der Waals surface area contributed by atoms with Crippen molar-refractivity contribution in [3.63, 3.8) is 0 Å². The Labute approximate surface area is 211 Å². The molecular formula is C29H31NO6. The Kier molecular flexibility index (Phi) is 9.51. The van der Waals surface area contributed by atoms with Crippen molar-refractivity contribution in [2.75, 3.05) is 21.3 Å². The number of carbonyl (C=O) groups excluding carboxylic acids is 1. The zero-order valence-corrected chi connectivity index (χ0v) is 21.2. The monoisotopic (exact) mass is 489 g/mol. The van der Waals surface area contributed by atoms with Gasteiger partial charge < -0.3 is 23.8 Å². The first-order chi connectivity index (χ1) is 17.5. The lowest BCUT2D eigenvalue weighted by atomic mass is 10.0. The van der Waals surface area contributed by atoms with E-state index in [1.54, 1.807) is 13.3 Å². The van der Waals surface area contributed by atoms with Gasteiger partial charge in [-0.15, -0.1) is 0 Å². The van der Waals surface area contributed by atoms with Gasteiger partial charge in [0.25, 0.3) is 0 Å². The second-order valence-electron chi connectivity index (χ2n) is 8.04. The summed E-state index contributed by atoms with van der Waals surface area (Å²) >= 11 is 0. The second-order valence-corrected chi connectivity index (χ2v) is 8.04. The van der Waals surface area contributed by atoms with Gasteiger partial charge in [-0.25, -0.2) is 4.79 Å². The first-order valence-corrected chi connectivity index (χ1v) is 11.4. The molecule has 0 fully saturated rings. The normalized spacial score (nSPS) is 11.3. The molecule has 0 heterocycles. The van der Waals surface area contributed by atoms with Crippen molar-refractivity contribution < 1.29 is 28.6 Å². The largest absolute Gasteiger partial charge is 0.503 e. The molecule has 7 heteroatoms. The van der Waals surface area contributed by atoms with Crippen LogP contribution in [0.1, 0.15) is 33.4 Å². The minimum Gasteiger partial charge on any atom is -0.503 e. The summed E-state index contributed by atoms with van der Waals surface area (Å²) in [6.07, 6.45) is 3.07. The maximum atomic E-state index is 12.2. The maximum absolute atomic E-state index is 12.2. The first-order valence-electron chi connectivity index (χ1n) is 11.4. The number of hydrogen-bond acceptors (Lipinski definition) is 7. The minimum absolute atomic E-state index is 0.269. The molecule has 0 saturated carbocycles. The smallest absolute Gasteiger partial charge is 0.341 e. The van der Waals surface area contributed by atoms with Crippen LogP contribution >= 0.6 is 0 Å². The highest BCUT2D eigenvalue weighted by Gasteiger charge is 2.17. The number of oxime groups is 1. The topological polar surface area (TPSA) is 75.6 Å². The third kappa shape index (κ3) is 6.88. The fourth-order valence-electron chi connectivity index (χ4n) is 3.59. The average molecular weight is 490 g/mol. The van der Waals surface area contributed by atoms with Gasteiger partial charge in [-0.05, 0) is 71.5 Å². The molecule has 0 bridgehead atoms. The highest BCUT2D eigenvalue weighted by molar-refractivity contribution is 6.16. The van der Waals surface area contributed by atoms with E-state index in [0.29, 0.717) is 17.7 Å². The van der Waals surface area contributed by atoms with E-state index in [2.05, 4.69) is 5.16 Å². The fourth-order valence-corrected chi connectivity index (χ4v) is 3.59. The highest BCUT2D eigenvalue weighted by atomic mass is 16.6. The Morgan fingerprint density at radius 3 is 2.47 bits per heavy atom. The Hall–Kier alpha value is -4.26. The van der Waals surface area contributed by atoms with E-state index in [1.165, 1.54) is 20.5 Å². The number of aryl methyl sites for hydroxylation is 2. The zero-order valence-electron chi connectivity index (χ0n) is 21.2. The third-order valence-electron chi connectivity index (χ3n) is 5.53. The fraction of sp³-hybridized carbons (Fsp3) is 0.241. The van der Waals surface area contributed by atoms with E-state index in [-0.39, 0.29) is 6.61 Å². The molecule has 0 amide bonds. The molecule has 0 N–H and O–H groups in total. The number of ether oxygens (including phenoxy) is 4. The molecule has 188 valence electrons. The molecule has 3 rings (SSSR count). The number of benzene rings is 3. The molecule has 0 aromatic heterocycles. The molecule has 0 aliphatic carbocycles. The summed E-state index contributed by atoms with van der Waals surface area (Å²) in [7, 11) is 4.46. The lowest BCUT2D eigenvalue weighted by molar-refractivity contribution is -0.133. The number of carbonyl (C=O) groups is 1. The summed E-state index contributed by atoms with van der Waals surface area (Å²) < 4.78 is 21.4. The Balaban J connectivity index is 1.69. The second kappa shape index (κ2) is 13.0. The molecule has 7 nitrogen and oxygen atoms in total. The van der Waals surface area contributed by atoms with Crippen LogP contribution in [0.3, 0.4) is 0 Å². The van der Waals surface area contributed by atoms with Crippen molar-refractivity contribution in [1.29, 1.82) is 0 Å². The first kappa shape index (κ1) is 26.3. The summed E-state index contributed by atoms with van der Waals surface area (Å²) in [6, 6.07) is 19.1. The highest BCUT2D eigenvalue weighted by Crippen LogP contribution is 2.26. The summed E-state index contributed by atoms with van der Waals surface area (Å²) in [6.45, 7) is 4.57. The van der Waals surface area contributed by atoms with Crippen LogP contribution in [-0.4, -0.2) is 33.5 Å². The molecule has 0 spiro atoms. The molecule has 0 aliphatic rings. The van der Waals surface area contributed by atoms with Crippen LogP contribution in [-0.2, 0) is 32.3 Å². The lowest BCUT2D eigenvalue weighted by Crippen LogP contribution is -2.08. The predicted molar refractivity (Wildman–Crippen MR) is 139 cm³/mol.